The Morgan fingerprint density at radius 3 is 2.36 bits per heavy atom. The second-order valence-electron chi connectivity index (χ2n) is 8.25. The van der Waals surface area contributed by atoms with E-state index in [4.69, 9.17) is 9.47 Å². The summed E-state index contributed by atoms with van der Waals surface area (Å²) in [6.07, 6.45) is 0. The number of ether oxygens (including phenoxy) is 2. The Hall–Kier alpha value is -4.25. The molecular weight excluding hydrogens is 412 g/mol. The molecule has 33 heavy (non-hydrogen) atoms. The number of anilines is 3. The predicted octanol–water partition coefficient (Wildman–Crippen LogP) is 6.06. The van der Waals surface area contributed by atoms with E-state index < -0.39 is 5.60 Å². The molecule has 5 nitrogen and oxygen atoms in total. The zero-order valence-corrected chi connectivity index (χ0v) is 18.3. The minimum absolute atomic E-state index is 0.329. The number of fused-ring (bicyclic) bond motifs is 6. The summed E-state index contributed by atoms with van der Waals surface area (Å²) < 4.78 is 12.6. The van der Waals surface area contributed by atoms with Gasteiger partial charge in [-0.3, -0.25) is 0 Å². The molecule has 1 spiro atoms. The van der Waals surface area contributed by atoms with Crippen LogP contribution in [0.4, 0.5) is 17.1 Å². The molecule has 5 heteroatoms. The highest BCUT2D eigenvalue weighted by Gasteiger charge is 2.53. The number of rotatable bonds is 3. The normalized spacial score (nSPS) is 17.5. The van der Waals surface area contributed by atoms with Gasteiger partial charge in [0.05, 0.1) is 5.56 Å². The molecule has 6 rings (SSSR count). The SMILES string of the molecule is CNc1ccc2c(c1)C1(OC(=O)c3ccccc31)c1ccc(N(C)c3ccccc3)cc1O2. The summed E-state index contributed by atoms with van der Waals surface area (Å²) in [5, 5.41) is 3.18. The van der Waals surface area contributed by atoms with Gasteiger partial charge in [0.15, 0.2) is 5.60 Å². The third-order valence-electron chi connectivity index (χ3n) is 6.51. The van der Waals surface area contributed by atoms with Gasteiger partial charge >= 0.3 is 5.97 Å². The first-order valence-corrected chi connectivity index (χ1v) is 10.9. The second-order valence-corrected chi connectivity index (χ2v) is 8.25. The average Bonchev–Trinajstić information content (AvgIpc) is 3.17. The van der Waals surface area contributed by atoms with Crippen LogP contribution in [0.1, 0.15) is 27.0 Å². The van der Waals surface area contributed by atoms with Crippen LogP contribution in [-0.2, 0) is 10.3 Å². The summed E-state index contributed by atoms with van der Waals surface area (Å²) >= 11 is 0. The molecule has 0 amide bonds. The van der Waals surface area contributed by atoms with E-state index in [1.807, 2.05) is 93.0 Å². The van der Waals surface area contributed by atoms with E-state index in [0.717, 1.165) is 33.8 Å². The van der Waals surface area contributed by atoms with Gasteiger partial charge in [-0.1, -0.05) is 36.4 Å². The number of carbonyl (C=O) groups is 1. The Morgan fingerprint density at radius 2 is 1.55 bits per heavy atom. The Labute approximate surface area is 192 Å². The molecule has 162 valence electrons. The van der Waals surface area contributed by atoms with Gasteiger partial charge in [0.2, 0.25) is 0 Å². The zero-order chi connectivity index (χ0) is 22.6. The highest BCUT2D eigenvalue weighted by Crippen LogP contribution is 2.57. The van der Waals surface area contributed by atoms with Crippen molar-refractivity contribution in [2.45, 2.75) is 5.60 Å². The fraction of sp³-hybridized carbons (Fsp3) is 0.107. The molecule has 2 aliphatic rings. The number of benzene rings is 4. The summed E-state index contributed by atoms with van der Waals surface area (Å²) in [5.41, 5.74) is 4.93. The molecule has 0 saturated carbocycles. The van der Waals surface area contributed by atoms with Crippen LogP contribution in [-0.4, -0.2) is 20.1 Å². The molecule has 2 heterocycles. The van der Waals surface area contributed by atoms with Crippen LogP contribution < -0.4 is 15.0 Å². The molecule has 0 aliphatic carbocycles. The van der Waals surface area contributed by atoms with Gasteiger partial charge < -0.3 is 19.7 Å². The summed E-state index contributed by atoms with van der Waals surface area (Å²) in [7, 11) is 3.89. The summed E-state index contributed by atoms with van der Waals surface area (Å²) in [4.78, 5) is 15.1. The van der Waals surface area contributed by atoms with Crippen LogP contribution in [0.2, 0.25) is 0 Å². The second kappa shape index (κ2) is 7.14. The Bertz CT molecular complexity index is 1400. The minimum Gasteiger partial charge on any atom is -0.456 e. The van der Waals surface area contributed by atoms with E-state index in [1.54, 1.807) is 0 Å². The molecule has 1 atom stereocenters. The summed E-state index contributed by atoms with van der Waals surface area (Å²) in [6, 6.07) is 29.7. The van der Waals surface area contributed by atoms with E-state index in [-0.39, 0.29) is 5.97 Å². The number of carbonyl (C=O) groups excluding carboxylic acids is 1. The smallest absolute Gasteiger partial charge is 0.340 e. The van der Waals surface area contributed by atoms with Gasteiger partial charge in [-0.15, -0.1) is 0 Å². The maximum absolute atomic E-state index is 13.0. The van der Waals surface area contributed by atoms with Crippen molar-refractivity contribution >= 4 is 23.0 Å². The van der Waals surface area contributed by atoms with Gasteiger partial charge in [-0.25, -0.2) is 4.79 Å². The average molecular weight is 434 g/mol. The highest BCUT2D eigenvalue weighted by molar-refractivity contribution is 5.97. The number of nitrogens with one attached hydrogen (secondary N) is 1. The molecule has 0 aromatic heterocycles. The standard InChI is InChI=1S/C28H22N2O3/c1-29-18-12-15-25-24(16-18)28(22-11-7-6-10-21(22)27(31)33-28)23-14-13-20(17-26(23)32-25)30(2)19-8-4-3-5-9-19/h3-17,29H,1-2H3. The molecule has 0 radical (unpaired) electrons. The number of esters is 1. The number of nitrogens with zero attached hydrogens (tertiary/aromatic N) is 1. The fourth-order valence-electron chi connectivity index (χ4n) is 4.83. The Kier molecular flexibility index (Phi) is 4.20. The molecule has 4 aromatic carbocycles. The van der Waals surface area contributed by atoms with Crippen LogP contribution in [0.25, 0.3) is 0 Å². The molecule has 0 bridgehead atoms. The topological polar surface area (TPSA) is 50.8 Å². The van der Waals surface area contributed by atoms with Gasteiger partial charge in [0, 0.05) is 53.9 Å². The molecule has 1 N–H and O–H groups in total. The third kappa shape index (κ3) is 2.75. The summed E-state index contributed by atoms with van der Waals surface area (Å²) in [5.74, 6) is 1.01. The molecule has 1 unspecified atom stereocenters. The van der Waals surface area contributed by atoms with E-state index >= 15 is 0 Å². The van der Waals surface area contributed by atoms with E-state index in [2.05, 4.69) is 22.3 Å². The van der Waals surface area contributed by atoms with E-state index in [1.165, 1.54) is 0 Å². The van der Waals surface area contributed by atoms with Crippen LogP contribution in [0.15, 0.2) is 91.0 Å². The third-order valence-corrected chi connectivity index (χ3v) is 6.51. The van der Waals surface area contributed by atoms with Crippen molar-refractivity contribution < 1.29 is 14.3 Å². The molecule has 2 aliphatic heterocycles. The lowest BCUT2D eigenvalue weighted by Gasteiger charge is -2.37. The van der Waals surface area contributed by atoms with Crippen molar-refractivity contribution in [1.82, 2.24) is 0 Å². The maximum atomic E-state index is 13.0. The molecule has 0 fully saturated rings. The van der Waals surface area contributed by atoms with Gasteiger partial charge in [-0.05, 0) is 48.5 Å². The van der Waals surface area contributed by atoms with E-state index in [0.29, 0.717) is 17.1 Å². The van der Waals surface area contributed by atoms with Crippen molar-refractivity contribution in [3.05, 3.63) is 113 Å². The monoisotopic (exact) mass is 434 g/mol. The van der Waals surface area contributed by atoms with Crippen molar-refractivity contribution in [2.24, 2.45) is 0 Å². The lowest BCUT2D eigenvalue weighted by molar-refractivity contribution is 0.0224. The molecular formula is C28H22N2O3. The van der Waals surface area contributed by atoms with E-state index in [9.17, 15) is 4.79 Å². The number of hydrogen-bond donors (Lipinski definition) is 1. The van der Waals surface area contributed by atoms with Crippen LogP contribution in [0.3, 0.4) is 0 Å². The first-order valence-electron chi connectivity index (χ1n) is 10.9. The number of hydrogen-bond acceptors (Lipinski definition) is 5. The Morgan fingerprint density at radius 1 is 0.758 bits per heavy atom. The van der Waals surface area contributed by atoms with Crippen LogP contribution in [0, 0.1) is 0 Å². The van der Waals surface area contributed by atoms with Crippen molar-refractivity contribution in [1.29, 1.82) is 0 Å². The van der Waals surface area contributed by atoms with Gasteiger partial charge in [0.1, 0.15) is 11.5 Å². The lowest BCUT2D eigenvalue weighted by Crippen LogP contribution is -2.33. The van der Waals surface area contributed by atoms with Gasteiger partial charge in [-0.2, -0.15) is 0 Å². The first kappa shape index (κ1) is 19.4. The highest BCUT2D eigenvalue weighted by atomic mass is 16.6. The van der Waals surface area contributed by atoms with Crippen molar-refractivity contribution in [2.75, 3.05) is 24.3 Å². The largest absolute Gasteiger partial charge is 0.456 e. The maximum Gasteiger partial charge on any atom is 0.340 e. The van der Waals surface area contributed by atoms with Crippen molar-refractivity contribution in [3.63, 3.8) is 0 Å². The minimum atomic E-state index is -1.06. The molecule has 0 saturated heterocycles. The first-order chi connectivity index (χ1) is 16.1. The van der Waals surface area contributed by atoms with Crippen LogP contribution >= 0.6 is 0 Å². The lowest BCUT2D eigenvalue weighted by atomic mass is 9.77. The van der Waals surface area contributed by atoms with Crippen molar-refractivity contribution in [3.8, 4) is 11.5 Å². The summed E-state index contributed by atoms with van der Waals surface area (Å²) in [6.45, 7) is 0. The Balaban J connectivity index is 1.58. The predicted molar refractivity (Wildman–Crippen MR) is 129 cm³/mol. The zero-order valence-electron chi connectivity index (χ0n) is 18.3. The molecule has 4 aromatic rings. The van der Waals surface area contributed by atoms with Gasteiger partial charge in [0.25, 0.3) is 0 Å². The number of para-hydroxylation sites is 1. The quantitative estimate of drug-likeness (QED) is 0.397. The van der Waals surface area contributed by atoms with Crippen LogP contribution in [0.5, 0.6) is 11.5 Å². The fourth-order valence-corrected chi connectivity index (χ4v) is 4.83.